The van der Waals surface area contributed by atoms with Gasteiger partial charge in [-0.15, -0.1) is 0 Å². The average molecular weight is 450 g/mol. The number of likely N-dealkylation sites (tertiary alicyclic amines) is 1. The lowest BCUT2D eigenvalue weighted by Gasteiger charge is -2.23. The number of carbonyl (C=O) groups excluding carboxylic acids is 1. The number of rotatable bonds is 9. The van der Waals surface area contributed by atoms with E-state index in [1.54, 1.807) is 30.3 Å². The van der Waals surface area contributed by atoms with Crippen LogP contribution in [0.2, 0.25) is 0 Å². The number of amides is 1. The van der Waals surface area contributed by atoms with Gasteiger partial charge in [0.05, 0.1) is 6.04 Å². The summed E-state index contributed by atoms with van der Waals surface area (Å²) in [5.41, 5.74) is 2.76. The summed E-state index contributed by atoms with van der Waals surface area (Å²) in [5, 5.41) is 6.51. The van der Waals surface area contributed by atoms with Crippen molar-refractivity contribution in [2.45, 2.75) is 38.0 Å². The molecule has 2 atom stereocenters. The highest BCUT2D eigenvalue weighted by Crippen LogP contribution is 2.22. The van der Waals surface area contributed by atoms with Crippen molar-refractivity contribution in [2.75, 3.05) is 13.1 Å². The second kappa shape index (κ2) is 11.2. The van der Waals surface area contributed by atoms with Crippen LogP contribution in [0, 0.1) is 11.6 Å². The molecule has 0 unspecified atom stereocenters. The van der Waals surface area contributed by atoms with Crippen LogP contribution in [0.1, 0.15) is 23.1 Å². The van der Waals surface area contributed by atoms with Crippen molar-refractivity contribution in [3.8, 4) is 0 Å². The zero-order chi connectivity index (χ0) is 23.0. The highest BCUT2D eigenvalue weighted by molar-refractivity contribution is 5.82. The monoisotopic (exact) mass is 449 g/mol. The third kappa shape index (κ3) is 6.46. The van der Waals surface area contributed by atoms with Crippen LogP contribution in [-0.4, -0.2) is 36.0 Å². The van der Waals surface area contributed by atoms with E-state index in [1.165, 1.54) is 18.2 Å². The Balaban J connectivity index is 1.37. The fourth-order valence-electron chi connectivity index (χ4n) is 4.32. The molecule has 0 saturated carbocycles. The Hall–Kier alpha value is -3.09. The topological polar surface area (TPSA) is 44.4 Å². The van der Waals surface area contributed by atoms with Gasteiger partial charge >= 0.3 is 0 Å². The molecule has 1 fully saturated rings. The van der Waals surface area contributed by atoms with Gasteiger partial charge in [-0.3, -0.25) is 9.69 Å². The maximum absolute atomic E-state index is 13.9. The first-order valence-corrected chi connectivity index (χ1v) is 11.4. The number of carbonyl (C=O) groups is 1. The Morgan fingerprint density at radius 3 is 2.39 bits per heavy atom. The number of halogens is 2. The second-order valence-electron chi connectivity index (χ2n) is 8.50. The minimum atomic E-state index is -0.267. The van der Waals surface area contributed by atoms with Crippen molar-refractivity contribution in [1.29, 1.82) is 0 Å². The van der Waals surface area contributed by atoms with E-state index in [9.17, 15) is 13.6 Å². The molecule has 1 aliphatic rings. The van der Waals surface area contributed by atoms with Crippen molar-refractivity contribution in [3.63, 3.8) is 0 Å². The molecule has 172 valence electrons. The SMILES string of the molecule is O=C(NCCc1ccccc1F)[C@@H]1C[C@H](NCc2ccc(F)cc2)CN1Cc1ccccc1. The minimum Gasteiger partial charge on any atom is -0.354 e. The van der Waals surface area contributed by atoms with Gasteiger partial charge in [-0.1, -0.05) is 60.7 Å². The van der Waals surface area contributed by atoms with E-state index in [1.807, 2.05) is 18.2 Å². The molecule has 1 amide bonds. The smallest absolute Gasteiger partial charge is 0.237 e. The average Bonchev–Trinajstić information content (AvgIpc) is 3.23. The van der Waals surface area contributed by atoms with Gasteiger partial charge in [0, 0.05) is 32.2 Å². The molecule has 6 heteroatoms. The lowest BCUT2D eigenvalue weighted by Crippen LogP contribution is -2.43. The van der Waals surface area contributed by atoms with Gasteiger partial charge in [-0.05, 0) is 47.7 Å². The fourth-order valence-corrected chi connectivity index (χ4v) is 4.32. The number of hydrogen-bond acceptors (Lipinski definition) is 3. The first kappa shape index (κ1) is 23.1. The summed E-state index contributed by atoms with van der Waals surface area (Å²) in [7, 11) is 0. The second-order valence-corrected chi connectivity index (χ2v) is 8.50. The van der Waals surface area contributed by atoms with Gasteiger partial charge in [0.2, 0.25) is 5.91 Å². The van der Waals surface area contributed by atoms with Crippen LogP contribution >= 0.6 is 0 Å². The van der Waals surface area contributed by atoms with Crippen LogP contribution in [-0.2, 0) is 24.3 Å². The molecule has 1 aliphatic heterocycles. The van der Waals surface area contributed by atoms with Crippen molar-refractivity contribution in [2.24, 2.45) is 0 Å². The number of nitrogens with one attached hydrogen (secondary N) is 2. The third-order valence-corrected chi connectivity index (χ3v) is 6.09. The van der Waals surface area contributed by atoms with Gasteiger partial charge in [-0.25, -0.2) is 8.78 Å². The summed E-state index contributed by atoms with van der Waals surface area (Å²) in [6.45, 7) is 2.43. The summed E-state index contributed by atoms with van der Waals surface area (Å²) in [5.74, 6) is -0.530. The number of nitrogens with zero attached hydrogens (tertiary/aromatic N) is 1. The Bertz CT molecular complexity index is 1040. The zero-order valence-electron chi connectivity index (χ0n) is 18.5. The maximum atomic E-state index is 13.9. The van der Waals surface area contributed by atoms with Gasteiger partial charge in [0.25, 0.3) is 0 Å². The zero-order valence-corrected chi connectivity index (χ0v) is 18.5. The Labute approximate surface area is 193 Å². The molecular weight excluding hydrogens is 420 g/mol. The molecule has 1 heterocycles. The fraction of sp³-hybridized carbons (Fsp3) is 0.296. The van der Waals surface area contributed by atoms with Crippen LogP contribution in [0.3, 0.4) is 0 Å². The molecule has 0 radical (unpaired) electrons. The highest BCUT2D eigenvalue weighted by atomic mass is 19.1. The third-order valence-electron chi connectivity index (χ3n) is 6.09. The van der Waals surface area contributed by atoms with Gasteiger partial charge in [-0.2, -0.15) is 0 Å². The van der Waals surface area contributed by atoms with E-state index in [-0.39, 0.29) is 29.6 Å². The van der Waals surface area contributed by atoms with E-state index in [2.05, 4.69) is 27.7 Å². The standard InChI is InChI=1S/C27H29F2N3O/c28-23-12-10-20(11-13-23)17-31-24-16-26(32(19-24)18-21-6-2-1-3-7-21)27(33)30-15-14-22-8-4-5-9-25(22)29/h1-13,24,26,31H,14-19H2,(H,30,33)/t24-,26-/m0/s1. The molecule has 3 aromatic carbocycles. The first-order valence-electron chi connectivity index (χ1n) is 11.4. The van der Waals surface area contributed by atoms with Crippen molar-refractivity contribution in [1.82, 2.24) is 15.5 Å². The molecule has 0 bridgehead atoms. The van der Waals surface area contributed by atoms with Crippen LogP contribution in [0.25, 0.3) is 0 Å². The normalized spacial score (nSPS) is 18.4. The molecule has 1 saturated heterocycles. The molecule has 3 aromatic rings. The molecule has 0 aliphatic carbocycles. The van der Waals surface area contributed by atoms with Crippen molar-refractivity contribution < 1.29 is 13.6 Å². The Kier molecular flexibility index (Phi) is 7.81. The van der Waals surface area contributed by atoms with E-state index in [0.717, 1.165) is 17.7 Å². The summed E-state index contributed by atoms with van der Waals surface area (Å²) < 4.78 is 27.0. The Morgan fingerprint density at radius 1 is 0.909 bits per heavy atom. The lowest BCUT2D eigenvalue weighted by molar-refractivity contribution is -0.125. The minimum absolute atomic E-state index is 0.0339. The highest BCUT2D eigenvalue weighted by Gasteiger charge is 2.36. The van der Waals surface area contributed by atoms with Crippen LogP contribution in [0.15, 0.2) is 78.9 Å². The summed E-state index contributed by atoms with van der Waals surface area (Å²) >= 11 is 0. The van der Waals surface area contributed by atoms with Gasteiger partial charge < -0.3 is 10.6 Å². The van der Waals surface area contributed by atoms with Crippen LogP contribution in [0.4, 0.5) is 8.78 Å². The van der Waals surface area contributed by atoms with Crippen LogP contribution < -0.4 is 10.6 Å². The molecule has 0 aromatic heterocycles. The predicted octanol–water partition coefficient (Wildman–Crippen LogP) is 4.06. The van der Waals surface area contributed by atoms with Crippen molar-refractivity contribution in [3.05, 3.63) is 107 Å². The molecular formula is C27H29F2N3O. The van der Waals surface area contributed by atoms with E-state index < -0.39 is 0 Å². The largest absolute Gasteiger partial charge is 0.354 e. The van der Waals surface area contributed by atoms with Gasteiger partial charge in [0.15, 0.2) is 0 Å². The summed E-state index contributed by atoms with van der Waals surface area (Å²) in [6.07, 6.45) is 1.13. The number of benzene rings is 3. The maximum Gasteiger partial charge on any atom is 0.237 e. The Morgan fingerprint density at radius 2 is 1.64 bits per heavy atom. The molecule has 4 nitrogen and oxygen atoms in total. The first-order chi connectivity index (χ1) is 16.1. The van der Waals surface area contributed by atoms with E-state index >= 15 is 0 Å². The predicted molar refractivity (Wildman–Crippen MR) is 125 cm³/mol. The van der Waals surface area contributed by atoms with Crippen LogP contribution in [0.5, 0.6) is 0 Å². The van der Waals surface area contributed by atoms with E-state index in [0.29, 0.717) is 38.0 Å². The van der Waals surface area contributed by atoms with E-state index in [4.69, 9.17) is 0 Å². The van der Waals surface area contributed by atoms with Gasteiger partial charge in [0.1, 0.15) is 11.6 Å². The molecule has 4 rings (SSSR count). The lowest BCUT2D eigenvalue weighted by atomic mass is 10.1. The quantitative estimate of drug-likeness (QED) is 0.518. The molecule has 33 heavy (non-hydrogen) atoms. The summed E-state index contributed by atoms with van der Waals surface area (Å²) in [4.78, 5) is 15.3. The number of hydrogen-bond donors (Lipinski definition) is 2. The molecule has 2 N–H and O–H groups in total. The molecule has 0 spiro atoms. The van der Waals surface area contributed by atoms with Crippen molar-refractivity contribution >= 4 is 5.91 Å². The summed E-state index contributed by atoms with van der Waals surface area (Å²) in [6, 6.07) is 23.1.